The van der Waals surface area contributed by atoms with Crippen LogP contribution < -0.4 is 5.32 Å². The van der Waals surface area contributed by atoms with E-state index in [1.165, 1.54) is 12.1 Å². The Hall–Kier alpha value is -2.23. The molecule has 1 aromatic carbocycles. The Morgan fingerprint density at radius 2 is 2.06 bits per heavy atom. The first kappa shape index (κ1) is 12.2. The monoisotopic (exact) mass is 244 g/mol. The highest BCUT2D eigenvalue weighted by molar-refractivity contribution is 6.04. The molecule has 3 nitrogen and oxygen atoms in total. The number of carbonyl (C=O) groups is 1. The summed E-state index contributed by atoms with van der Waals surface area (Å²) in [7, 11) is 0. The number of carbonyl (C=O) groups excluding carboxylic acids is 1. The predicted octanol–water partition coefficient (Wildman–Crippen LogP) is 3.09. The lowest BCUT2D eigenvalue weighted by atomic mass is 10.1. The lowest BCUT2D eigenvalue weighted by Crippen LogP contribution is -2.15. The number of halogens is 1. The first-order valence-electron chi connectivity index (χ1n) is 5.57. The number of nitrogens with zero attached hydrogens (tertiary/aromatic N) is 1. The van der Waals surface area contributed by atoms with Gasteiger partial charge in [0.15, 0.2) is 0 Å². The third kappa shape index (κ3) is 2.53. The predicted molar refractivity (Wildman–Crippen MR) is 68.1 cm³/mol. The van der Waals surface area contributed by atoms with Gasteiger partial charge in [-0.25, -0.2) is 9.37 Å². The molecule has 4 heteroatoms. The molecule has 0 aliphatic heterocycles. The van der Waals surface area contributed by atoms with Crippen LogP contribution in [-0.4, -0.2) is 10.9 Å². The van der Waals surface area contributed by atoms with Gasteiger partial charge in [0.2, 0.25) is 0 Å². The van der Waals surface area contributed by atoms with Gasteiger partial charge in [0, 0.05) is 6.20 Å². The first-order chi connectivity index (χ1) is 8.58. The highest BCUT2D eigenvalue weighted by Gasteiger charge is 2.13. The molecule has 1 heterocycles. The number of hydrogen-bond acceptors (Lipinski definition) is 2. The van der Waals surface area contributed by atoms with Gasteiger partial charge in [-0.15, -0.1) is 0 Å². The van der Waals surface area contributed by atoms with Crippen LogP contribution in [-0.2, 0) is 0 Å². The van der Waals surface area contributed by atoms with Gasteiger partial charge in [0.05, 0.1) is 5.56 Å². The standard InChI is InChI=1S/C14H13FN2O/c1-9-5-6-12(15)11(8-9)14(18)17-13-10(2)4-3-7-16-13/h3-8H,1-2H3,(H,16,17,18). The van der Waals surface area contributed by atoms with Crippen molar-refractivity contribution in [3.8, 4) is 0 Å². The molecule has 2 rings (SSSR count). The molecule has 0 aliphatic rings. The Morgan fingerprint density at radius 1 is 1.28 bits per heavy atom. The number of aryl methyl sites for hydroxylation is 2. The molecule has 0 saturated heterocycles. The number of nitrogens with one attached hydrogen (secondary N) is 1. The molecule has 1 N–H and O–H groups in total. The lowest BCUT2D eigenvalue weighted by molar-refractivity contribution is 0.102. The Kier molecular flexibility index (Phi) is 3.37. The number of pyridine rings is 1. The van der Waals surface area contributed by atoms with E-state index in [-0.39, 0.29) is 5.56 Å². The van der Waals surface area contributed by atoms with Gasteiger partial charge >= 0.3 is 0 Å². The fourth-order valence-corrected chi connectivity index (χ4v) is 1.60. The first-order valence-corrected chi connectivity index (χ1v) is 5.57. The summed E-state index contributed by atoms with van der Waals surface area (Å²) >= 11 is 0. The second-order valence-corrected chi connectivity index (χ2v) is 4.11. The van der Waals surface area contributed by atoms with Crippen LogP contribution in [0.2, 0.25) is 0 Å². The van der Waals surface area contributed by atoms with Crippen LogP contribution in [0.1, 0.15) is 21.5 Å². The molecule has 1 amide bonds. The fourth-order valence-electron chi connectivity index (χ4n) is 1.60. The second-order valence-electron chi connectivity index (χ2n) is 4.11. The topological polar surface area (TPSA) is 42.0 Å². The van der Waals surface area contributed by atoms with E-state index in [0.29, 0.717) is 5.82 Å². The molecular formula is C14H13FN2O. The Labute approximate surface area is 105 Å². The maximum atomic E-state index is 13.5. The summed E-state index contributed by atoms with van der Waals surface area (Å²) in [6.45, 7) is 3.64. The molecule has 0 saturated carbocycles. The molecule has 0 atom stereocenters. The molecular weight excluding hydrogens is 231 g/mol. The smallest absolute Gasteiger partial charge is 0.259 e. The van der Waals surface area contributed by atoms with Crippen molar-refractivity contribution in [1.29, 1.82) is 0 Å². The molecule has 0 fully saturated rings. The summed E-state index contributed by atoms with van der Waals surface area (Å²) in [5.41, 5.74) is 1.69. The van der Waals surface area contributed by atoms with Gasteiger partial charge < -0.3 is 5.32 Å². The minimum Gasteiger partial charge on any atom is -0.306 e. The molecule has 0 bridgehead atoms. The van der Waals surface area contributed by atoms with Crippen LogP contribution in [0.5, 0.6) is 0 Å². The van der Waals surface area contributed by atoms with E-state index in [0.717, 1.165) is 11.1 Å². The van der Waals surface area contributed by atoms with Crippen LogP contribution in [0.15, 0.2) is 36.5 Å². The van der Waals surface area contributed by atoms with E-state index in [1.54, 1.807) is 18.3 Å². The number of aromatic nitrogens is 1. The van der Waals surface area contributed by atoms with Gasteiger partial charge in [-0.1, -0.05) is 17.7 Å². The van der Waals surface area contributed by atoms with Crippen molar-refractivity contribution in [2.24, 2.45) is 0 Å². The van der Waals surface area contributed by atoms with Gasteiger partial charge in [0.25, 0.3) is 5.91 Å². The minimum absolute atomic E-state index is 0.0278. The molecule has 92 valence electrons. The van der Waals surface area contributed by atoms with Crippen LogP contribution in [0.4, 0.5) is 10.2 Å². The van der Waals surface area contributed by atoms with Crippen LogP contribution in [0.3, 0.4) is 0 Å². The lowest BCUT2D eigenvalue weighted by Gasteiger charge is -2.08. The van der Waals surface area contributed by atoms with Gasteiger partial charge in [-0.05, 0) is 37.6 Å². The van der Waals surface area contributed by atoms with Crippen LogP contribution >= 0.6 is 0 Å². The average Bonchev–Trinajstić information content (AvgIpc) is 2.35. The summed E-state index contributed by atoms with van der Waals surface area (Å²) in [5.74, 6) is -0.576. The zero-order valence-electron chi connectivity index (χ0n) is 10.2. The maximum Gasteiger partial charge on any atom is 0.259 e. The van der Waals surface area contributed by atoms with Crippen molar-refractivity contribution in [3.05, 3.63) is 59.0 Å². The van der Waals surface area contributed by atoms with Crippen molar-refractivity contribution >= 4 is 11.7 Å². The van der Waals surface area contributed by atoms with E-state index in [4.69, 9.17) is 0 Å². The van der Waals surface area contributed by atoms with Gasteiger partial charge in [-0.3, -0.25) is 4.79 Å². The van der Waals surface area contributed by atoms with Crippen molar-refractivity contribution in [2.45, 2.75) is 13.8 Å². The summed E-state index contributed by atoms with van der Waals surface area (Å²) in [5, 5.41) is 2.60. The Bertz CT molecular complexity index is 596. The Balaban J connectivity index is 2.28. The van der Waals surface area contributed by atoms with Crippen LogP contribution in [0.25, 0.3) is 0 Å². The summed E-state index contributed by atoms with van der Waals surface area (Å²) in [4.78, 5) is 16.0. The van der Waals surface area contributed by atoms with E-state index in [9.17, 15) is 9.18 Å². The van der Waals surface area contributed by atoms with E-state index in [2.05, 4.69) is 10.3 Å². The summed E-state index contributed by atoms with van der Waals surface area (Å²) in [6, 6.07) is 8.03. The highest BCUT2D eigenvalue weighted by atomic mass is 19.1. The fraction of sp³-hybridized carbons (Fsp3) is 0.143. The molecule has 18 heavy (non-hydrogen) atoms. The maximum absolute atomic E-state index is 13.5. The quantitative estimate of drug-likeness (QED) is 0.882. The van der Waals surface area contributed by atoms with Crippen molar-refractivity contribution < 1.29 is 9.18 Å². The zero-order chi connectivity index (χ0) is 13.1. The number of rotatable bonds is 2. The van der Waals surface area contributed by atoms with Gasteiger partial charge in [-0.2, -0.15) is 0 Å². The SMILES string of the molecule is Cc1ccc(F)c(C(=O)Nc2ncccc2C)c1. The molecule has 2 aromatic rings. The average molecular weight is 244 g/mol. The van der Waals surface area contributed by atoms with Crippen molar-refractivity contribution in [1.82, 2.24) is 4.98 Å². The molecule has 0 aliphatic carbocycles. The third-order valence-electron chi connectivity index (χ3n) is 2.61. The van der Waals surface area contributed by atoms with E-state index >= 15 is 0 Å². The molecule has 0 radical (unpaired) electrons. The number of hydrogen-bond donors (Lipinski definition) is 1. The summed E-state index contributed by atoms with van der Waals surface area (Å²) < 4.78 is 13.5. The van der Waals surface area contributed by atoms with Crippen LogP contribution in [0, 0.1) is 19.7 Å². The molecule has 1 aromatic heterocycles. The molecule has 0 spiro atoms. The highest BCUT2D eigenvalue weighted by Crippen LogP contribution is 2.14. The zero-order valence-corrected chi connectivity index (χ0v) is 10.2. The van der Waals surface area contributed by atoms with Gasteiger partial charge in [0.1, 0.15) is 11.6 Å². The van der Waals surface area contributed by atoms with E-state index < -0.39 is 11.7 Å². The normalized spacial score (nSPS) is 10.2. The van der Waals surface area contributed by atoms with Crippen molar-refractivity contribution in [2.75, 3.05) is 5.32 Å². The second kappa shape index (κ2) is 4.96. The number of amides is 1. The number of benzene rings is 1. The molecule has 0 unspecified atom stereocenters. The van der Waals surface area contributed by atoms with Crippen molar-refractivity contribution in [3.63, 3.8) is 0 Å². The largest absolute Gasteiger partial charge is 0.306 e. The summed E-state index contributed by atoms with van der Waals surface area (Å²) in [6.07, 6.45) is 1.58. The van der Waals surface area contributed by atoms with E-state index in [1.807, 2.05) is 19.9 Å². The minimum atomic E-state index is -0.535. The number of anilines is 1. The Morgan fingerprint density at radius 3 is 2.78 bits per heavy atom. The third-order valence-corrected chi connectivity index (χ3v) is 2.61.